The second kappa shape index (κ2) is 8.12. The van der Waals surface area contributed by atoms with E-state index < -0.39 is 23.7 Å². The predicted octanol–water partition coefficient (Wildman–Crippen LogP) is 3.74. The highest BCUT2D eigenvalue weighted by atomic mass is 19.4. The molecule has 1 unspecified atom stereocenters. The van der Waals surface area contributed by atoms with Crippen LogP contribution in [0.3, 0.4) is 0 Å². The fraction of sp³-hybridized carbons (Fsp3) is 0.211. The van der Waals surface area contributed by atoms with Crippen molar-refractivity contribution in [2.75, 3.05) is 6.61 Å². The smallest absolute Gasteiger partial charge is 0.416 e. The van der Waals surface area contributed by atoms with Crippen molar-refractivity contribution >= 4 is 5.91 Å². The lowest BCUT2D eigenvalue weighted by molar-refractivity contribution is -0.137. The minimum atomic E-state index is -4.50. The zero-order valence-electron chi connectivity index (χ0n) is 14.8. The number of aromatic amines is 1. The molecule has 9 heteroatoms. The quantitative estimate of drug-likeness (QED) is 0.672. The fourth-order valence-electron chi connectivity index (χ4n) is 2.64. The summed E-state index contributed by atoms with van der Waals surface area (Å²) in [7, 11) is 0. The maximum absolute atomic E-state index is 13.1. The first-order valence-corrected chi connectivity index (χ1v) is 8.44. The molecule has 1 amide bonds. The van der Waals surface area contributed by atoms with E-state index in [4.69, 9.17) is 4.74 Å². The molecule has 1 atom stereocenters. The van der Waals surface area contributed by atoms with Crippen molar-refractivity contribution in [3.8, 4) is 5.75 Å². The molecule has 0 fully saturated rings. The van der Waals surface area contributed by atoms with Crippen LogP contribution in [0.1, 0.15) is 40.3 Å². The SMILES string of the molecule is CCOc1ccc(C(=O)NC(c2cccc(C(F)(F)F)c2)c2ncn[nH]2)cc1. The lowest BCUT2D eigenvalue weighted by atomic mass is 10.0. The number of amides is 1. The van der Waals surface area contributed by atoms with Crippen LogP contribution in [0.5, 0.6) is 5.75 Å². The minimum absolute atomic E-state index is 0.221. The molecule has 1 heterocycles. The highest BCUT2D eigenvalue weighted by Gasteiger charge is 2.31. The molecule has 0 radical (unpaired) electrons. The van der Waals surface area contributed by atoms with Crippen LogP contribution >= 0.6 is 0 Å². The van der Waals surface area contributed by atoms with Gasteiger partial charge in [-0.05, 0) is 48.9 Å². The topological polar surface area (TPSA) is 79.9 Å². The second-order valence-electron chi connectivity index (χ2n) is 5.86. The number of alkyl halides is 3. The lowest BCUT2D eigenvalue weighted by Crippen LogP contribution is -2.30. The number of halogens is 3. The summed E-state index contributed by atoms with van der Waals surface area (Å²) in [5.74, 6) is 0.365. The summed E-state index contributed by atoms with van der Waals surface area (Å²) in [6.45, 7) is 2.34. The minimum Gasteiger partial charge on any atom is -0.494 e. The van der Waals surface area contributed by atoms with Crippen molar-refractivity contribution in [1.82, 2.24) is 20.5 Å². The summed E-state index contributed by atoms with van der Waals surface area (Å²) < 4.78 is 44.5. The van der Waals surface area contributed by atoms with Crippen LogP contribution in [-0.2, 0) is 6.18 Å². The van der Waals surface area contributed by atoms with Gasteiger partial charge in [-0.3, -0.25) is 9.89 Å². The average molecular weight is 390 g/mol. The second-order valence-corrected chi connectivity index (χ2v) is 5.86. The number of aromatic nitrogens is 3. The van der Waals surface area contributed by atoms with Gasteiger partial charge < -0.3 is 10.1 Å². The fourth-order valence-corrected chi connectivity index (χ4v) is 2.64. The molecule has 2 aromatic carbocycles. The third-order valence-electron chi connectivity index (χ3n) is 3.96. The van der Waals surface area contributed by atoms with Crippen molar-refractivity contribution in [3.05, 3.63) is 77.4 Å². The Morgan fingerprint density at radius 2 is 1.96 bits per heavy atom. The van der Waals surface area contributed by atoms with Gasteiger partial charge in [0.15, 0.2) is 5.82 Å². The van der Waals surface area contributed by atoms with Gasteiger partial charge in [0.05, 0.1) is 12.2 Å². The average Bonchev–Trinajstić information content (AvgIpc) is 3.20. The molecule has 2 N–H and O–H groups in total. The van der Waals surface area contributed by atoms with Gasteiger partial charge in [-0.2, -0.15) is 18.3 Å². The van der Waals surface area contributed by atoms with Crippen molar-refractivity contribution < 1.29 is 22.7 Å². The summed E-state index contributed by atoms with van der Waals surface area (Å²) in [6, 6.07) is 10.2. The van der Waals surface area contributed by atoms with E-state index in [2.05, 4.69) is 20.5 Å². The van der Waals surface area contributed by atoms with E-state index >= 15 is 0 Å². The number of hydrogen-bond acceptors (Lipinski definition) is 4. The first kappa shape index (κ1) is 19.4. The largest absolute Gasteiger partial charge is 0.494 e. The van der Waals surface area contributed by atoms with Gasteiger partial charge in [0.25, 0.3) is 5.91 Å². The summed E-state index contributed by atoms with van der Waals surface area (Å²) in [5.41, 5.74) is -0.254. The molecule has 0 bridgehead atoms. The van der Waals surface area contributed by atoms with Crippen LogP contribution in [0, 0.1) is 0 Å². The number of carbonyl (C=O) groups excluding carboxylic acids is 1. The molecule has 0 saturated carbocycles. The van der Waals surface area contributed by atoms with Crippen molar-refractivity contribution in [2.45, 2.75) is 19.1 Å². The number of nitrogens with zero attached hydrogens (tertiary/aromatic N) is 2. The zero-order valence-corrected chi connectivity index (χ0v) is 14.8. The molecule has 0 aliphatic rings. The molecule has 3 rings (SSSR count). The van der Waals surface area contributed by atoms with E-state index in [9.17, 15) is 18.0 Å². The molecular formula is C19H17F3N4O2. The van der Waals surface area contributed by atoms with Crippen molar-refractivity contribution in [1.29, 1.82) is 0 Å². The standard InChI is InChI=1S/C19H17F3N4O2/c1-2-28-15-8-6-12(7-9-15)18(27)25-16(17-23-11-24-26-17)13-4-3-5-14(10-13)19(20,21)22/h3-11,16H,2H2,1H3,(H,25,27)(H,23,24,26). The van der Waals surface area contributed by atoms with E-state index in [0.29, 0.717) is 17.9 Å². The Balaban J connectivity index is 1.88. The zero-order chi connectivity index (χ0) is 20.1. The van der Waals surface area contributed by atoms with Gasteiger partial charge in [-0.25, -0.2) is 4.98 Å². The Kier molecular flexibility index (Phi) is 5.62. The van der Waals surface area contributed by atoms with Gasteiger partial charge in [0.2, 0.25) is 0 Å². The first-order chi connectivity index (χ1) is 13.4. The highest BCUT2D eigenvalue weighted by molar-refractivity contribution is 5.94. The Bertz CT molecular complexity index is 925. The van der Waals surface area contributed by atoms with Crippen LogP contribution in [0.2, 0.25) is 0 Å². The molecule has 0 spiro atoms. The van der Waals surface area contributed by atoms with Crippen molar-refractivity contribution in [3.63, 3.8) is 0 Å². The number of rotatable bonds is 6. The molecule has 6 nitrogen and oxygen atoms in total. The molecule has 0 aliphatic carbocycles. The number of nitrogens with one attached hydrogen (secondary N) is 2. The Morgan fingerprint density at radius 1 is 1.21 bits per heavy atom. The number of carbonyl (C=O) groups is 1. The molecule has 1 aromatic heterocycles. The van der Waals surface area contributed by atoms with Gasteiger partial charge in [-0.15, -0.1) is 0 Å². The Hall–Kier alpha value is -3.36. The first-order valence-electron chi connectivity index (χ1n) is 8.44. The van der Waals surface area contributed by atoms with Gasteiger partial charge >= 0.3 is 6.18 Å². The number of H-pyrrole nitrogens is 1. The van der Waals surface area contributed by atoms with Crippen LogP contribution in [-0.4, -0.2) is 27.7 Å². The summed E-state index contributed by atoms with van der Waals surface area (Å²) in [5, 5.41) is 9.03. The molecule has 0 aliphatic heterocycles. The third kappa shape index (κ3) is 4.48. The summed E-state index contributed by atoms with van der Waals surface area (Å²) in [4.78, 5) is 16.6. The van der Waals surface area contributed by atoms with Gasteiger partial charge in [0, 0.05) is 5.56 Å². The van der Waals surface area contributed by atoms with E-state index in [1.807, 2.05) is 6.92 Å². The van der Waals surface area contributed by atoms with Crippen LogP contribution < -0.4 is 10.1 Å². The van der Waals surface area contributed by atoms with Crippen LogP contribution in [0.25, 0.3) is 0 Å². The van der Waals surface area contributed by atoms with E-state index in [0.717, 1.165) is 12.1 Å². The Labute approximate surface area is 158 Å². The predicted molar refractivity (Wildman–Crippen MR) is 94.7 cm³/mol. The van der Waals surface area contributed by atoms with E-state index in [-0.39, 0.29) is 11.4 Å². The molecular weight excluding hydrogens is 373 g/mol. The Morgan fingerprint density at radius 3 is 2.57 bits per heavy atom. The summed E-state index contributed by atoms with van der Waals surface area (Å²) >= 11 is 0. The molecule has 0 saturated heterocycles. The number of benzene rings is 2. The van der Waals surface area contributed by atoms with Crippen molar-refractivity contribution in [2.24, 2.45) is 0 Å². The molecule has 3 aromatic rings. The van der Waals surface area contributed by atoms with E-state index in [1.54, 1.807) is 24.3 Å². The maximum Gasteiger partial charge on any atom is 0.416 e. The molecule has 146 valence electrons. The monoisotopic (exact) mass is 390 g/mol. The summed E-state index contributed by atoms with van der Waals surface area (Å²) in [6.07, 6.45) is -3.28. The lowest BCUT2D eigenvalue weighted by Gasteiger charge is -2.18. The number of hydrogen-bond donors (Lipinski definition) is 2. The van der Waals surface area contributed by atoms with Crippen LogP contribution in [0.4, 0.5) is 13.2 Å². The van der Waals surface area contributed by atoms with Gasteiger partial charge in [-0.1, -0.05) is 12.1 Å². The maximum atomic E-state index is 13.1. The van der Waals surface area contributed by atoms with Gasteiger partial charge in [0.1, 0.15) is 18.1 Å². The third-order valence-corrected chi connectivity index (χ3v) is 3.96. The molecule has 28 heavy (non-hydrogen) atoms. The van der Waals surface area contributed by atoms with E-state index in [1.165, 1.54) is 18.5 Å². The van der Waals surface area contributed by atoms with Crippen LogP contribution in [0.15, 0.2) is 54.9 Å². The number of ether oxygens (including phenoxy) is 1. The normalized spacial score (nSPS) is 12.4. The highest BCUT2D eigenvalue weighted by Crippen LogP contribution is 2.31.